The zero-order valence-corrected chi connectivity index (χ0v) is 12.1. The molecule has 2 aromatic rings. The van der Waals surface area contributed by atoms with Gasteiger partial charge in [-0.25, -0.2) is 0 Å². The van der Waals surface area contributed by atoms with Crippen LogP contribution >= 0.6 is 0 Å². The minimum Gasteiger partial charge on any atom is -0.377 e. The Morgan fingerprint density at radius 2 is 1.00 bits per heavy atom. The summed E-state index contributed by atoms with van der Waals surface area (Å²) in [5, 5.41) is 19.5. The van der Waals surface area contributed by atoms with Crippen molar-refractivity contribution < 1.29 is 10.2 Å². The van der Waals surface area contributed by atoms with Crippen molar-refractivity contribution in [1.82, 2.24) is 0 Å². The molecule has 0 spiro atoms. The Kier molecular flexibility index (Phi) is 6.19. The van der Waals surface area contributed by atoms with Gasteiger partial charge in [0.15, 0.2) is 0 Å². The standard InChI is InChI=1S/C20H18O2/c21-19(13-11-17-7-3-1-4-8-17)15-16-20(22)14-12-18-9-5-2-6-10-18/h1-14,19-22H/b13-11+,14-12+. The summed E-state index contributed by atoms with van der Waals surface area (Å²) in [4.78, 5) is 0. The topological polar surface area (TPSA) is 40.5 Å². The normalized spacial score (nSPS) is 13.7. The maximum atomic E-state index is 9.75. The number of rotatable bonds is 4. The molecule has 0 aliphatic heterocycles. The molecular weight excluding hydrogens is 272 g/mol. The fourth-order valence-electron chi connectivity index (χ4n) is 1.80. The maximum absolute atomic E-state index is 9.75. The molecule has 0 saturated carbocycles. The Labute approximate surface area is 131 Å². The Hall–Kier alpha value is -2.60. The Morgan fingerprint density at radius 3 is 1.36 bits per heavy atom. The van der Waals surface area contributed by atoms with Crippen molar-refractivity contribution in [2.24, 2.45) is 0 Å². The summed E-state index contributed by atoms with van der Waals surface area (Å²) < 4.78 is 0. The molecule has 0 aliphatic rings. The first kappa shape index (κ1) is 15.8. The fourth-order valence-corrected chi connectivity index (χ4v) is 1.80. The minimum atomic E-state index is -0.903. The Bertz CT molecular complexity index is 616. The van der Waals surface area contributed by atoms with Crippen molar-refractivity contribution in [2.45, 2.75) is 12.2 Å². The van der Waals surface area contributed by atoms with Gasteiger partial charge in [-0.05, 0) is 23.3 Å². The maximum Gasteiger partial charge on any atom is 0.133 e. The van der Waals surface area contributed by atoms with Crippen LogP contribution in [-0.4, -0.2) is 22.4 Å². The average Bonchev–Trinajstić information content (AvgIpc) is 2.58. The first-order valence-corrected chi connectivity index (χ1v) is 7.08. The molecule has 0 fully saturated rings. The number of hydrogen-bond donors (Lipinski definition) is 2. The monoisotopic (exact) mass is 290 g/mol. The van der Waals surface area contributed by atoms with Gasteiger partial charge in [-0.15, -0.1) is 0 Å². The van der Waals surface area contributed by atoms with Crippen molar-refractivity contribution in [3.63, 3.8) is 0 Å². The van der Waals surface area contributed by atoms with Crippen LogP contribution in [0.3, 0.4) is 0 Å². The number of hydrogen-bond acceptors (Lipinski definition) is 2. The zero-order valence-electron chi connectivity index (χ0n) is 12.1. The Balaban J connectivity index is 1.89. The number of aliphatic hydroxyl groups excluding tert-OH is 2. The van der Waals surface area contributed by atoms with E-state index in [0.717, 1.165) is 11.1 Å². The molecule has 0 aromatic heterocycles. The molecule has 2 rings (SSSR count). The molecule has 0 heterocycles. The van der Waals surface area contributed by atoms with E-state index in [0.29, 0.717) is 0 Å². The molecule has 0 aliphatic carbocycles. The lowest BCUT2D eigenvalue weighted by Crippen LogP contribution is -2.02. The molecule has 0 saturated heterocycles. The SMILES string of the molecule is OC(C#CC(O)/C=C/c1ccccc1)/C=C/c1ccccc1. The second-order valence-corrected chi connectivity index (χ2v) is 4.72. The second kappa shape index (κ2) is 8.63. The predicted molar refractivity (Wildman–Crippen MR) is 90.7 cm³/mol. The van der Waals surface area contributed by atoms with Crippen LogP contribution in [-0.2, 0) is 0 Å². The largest absolute Gasteiger partial charge is 0.377 e. The van der Waals surface area contributed by atoms with Gasteiger partial charge in [0.05, 0.1) is 0 Å². The van der Waals surface area contributed by atoms with Gasteiger partial charge in [-0.3, -0.25) is 0 Å². The number of aliphatic hydroxyl groups is 2. The summed E-state index contributed by atoms with van der Waals surface area (Å²) in [6.07, 6.45) is 4.98. The van der Waals surface area contributed by atoms with E-state index in [2.05, 4.69) is 11.8 Å². The molecule has 2 nitrogen and oxygen atoms in total. The van der Waals surface area contributed by atoms with Crippen molar-refractivity contribution in [2.75, 3.05) is 0 Å². The highest BCUT2D eigenvalue weighted by molar-refractivity contribution is 5.51. The van der Waals surface area contributed by atoms with Gasteiger partial charge >= 0.3 is 0 Å². The van der Waals surface area contributed by atoms with E-state index in [1.54, 1.807) is 24.3 Å². The molecular formula is C20H18O2. The third kappa shape index (κ3) is 5.80. The van der Waals surface area contributed by atoms with Gasteiger partial charge in [0.2, 0.25) is 0 Å². The van der Waals surface area contributed by atoms with E-state index < -0.39 is 12.2 Å². The highest BCUT2D eigenvalue weighted by Gasteiger charge is 1.95. The van der Waals surface area contributed by atoms with Gasteiger partial charge < -0.3 is 10.2 Å². The fraction of sp³-hybridized carbons (Fsp3) is 0.100. The lowest BCUT2D eigenvalue weighted by molar-refractivity contribution is 0.271. The van der Waals surface area contributed by atoms with Gasteiger partial charge in [0.1, 0.15) is 12.2 Å². The molecule has 2 aromatic carbocycles. The van der Waals surface area contributed by atoms with Crippen LogP contribution in [0.2, 0.25) is 0 Å². The molecule has 0 amide bonds. The van der Waals surface area contributed by atoms with Crippen LogP contribution in [0.15, 0.2) is 72.8 Å². The lowest BCUT2D eigenvalue weighted by Gasteiger charge is -1.97. The van der Waals surface area contributed by atoms with E-state index in [4.69, 9.17) is 0 Å². The van der Waals surface area contributed by atoms with Gasteiger partial charge in [0, 0.05) is 0 Å². The van der Waals surface area contributed by atoms with Crippen LogP contribution in [0.4, 0.5) is 0 Å². The highest BCUT2D eigenvalue weighted by atomic mass is 16.3. The highest BCUT2D eigenvalue weighted by Crippen LogP contribution is 2.03. The summed E-state index contributed by atoms with van der Waals surface area (Å²) in [7, 11) is 0. The van der Waals surface area contributed by atoms with Crippen LogP contribution in [0, 0.1) is 11.8 Å². The summed E-state index contributed by atoms with van der Waals surface area (Å²) >= 11 is 0. The predicted octanol–water partition coefficient (Wildman–Crippen LogP) is 3.14. The first-order chi connectivity index (χ1) is 10.7. The third-order valence-corrected chi connectivity index (χ3v) is 2.92. The second-order valence-electron chi connectivity index (χ2n) is 4.72. The molecule has 2 N–H and O–H groups in total. The molecule has 2 atom stereocenters. The third-order valence-electron chi connectivity index (χ3n) is 2.92. The molecule has 22 heavy (non-hydrogen) atoms. The first-order valence-electron chi connectivity index (χ1n) is 7.08. The van der Waals surface area contributed by atoms with E-state index in [9.17, 15) is 10.2 Å². The summed E-state index contributed by atoms with van der Waals surface area (Å²) in [6.45, 7) is 0. The molecule has 110 valence electrons. The van der Waals surface area contributed by atoms with Crippen LogP contribution < -0.4 is 0 Å². The minimum absolute atomic E-state index is 0.903. The Morgan fingerprint density at radius 1 is 0.636 bits per heavy atom. The van der Waals surface area contributed by atoms with Gasteiger partial charge in [-0.2, -0.15) is 0 Å². The van der Waals surface area contributed by atoms with Crippen molar-refractivity contribution in [3.8, 4) is 11.8 Å². The quantitative estimate of drug-likeness (QED) is 0.849. The lowest BCUT2D eigenvalue weighted by atomic mass is 10.1. The van der Waals surface area contributed by atoms with E-state index in [1.807, 2.05) is 60.7 Å². The molecule has 0 bridgehead atoms. The van der Waals surface area contributed by atoms with Crippen LogP contribution in [0.5, 0.6) is 0 Å². The average molecular weight is 290 g/mol. The van der Waals surface area contributed by atoms with Crippen LogP contribution in [0.25, 0.3) is 12.2 Å². The van der Waals surface area contributed by atoms with Crippen molar-refractivity contribution >= 4 is 12.2 Å². The smallest absolute Gasteiger partial charge is 0.133 e. The summed E-state index contributed by atoms with van der Waals surface area (Å²) in [5.41, 5.74) is 1.99. The van der Waals surface area contributed by atoms with Crippen molar-refractivity contribution in [3.05, 3.63) is 83.9 Å². The van der Waals surface area contributed by atoms with E-state index >= 15 is 0 Å². The zero-order chi connectivity index (χ0) is 15.6. The van der Waals surface area contributed by atoms with Crippen molar-refractivity contribution in [1.29, 1.82) is 0 Å². The molecule has 0 radical (unpaired) electrons. The summed E-state index contributed by atoms with van der Waals surface area (Å²) in [5.74, 6) is 5.21. The van der Waals surface area contributed by atoms with Crippen LogP contribution in [0.1, 0.15) is 11.1 Å². The molecule has 2 unspecified atom stereocenters. The number of benzene rings is 2. The van der Waals surface area contributed by atoms with Gasteiger partial charge in [-0.1, -0.05) is 84.7 Å². The molecule has 2 heteroatoms. The van der Waals surface area contributed by atoms with Gasteiger partial charge in [0.25, 0.3) is 0 Å². The van der Waals surface area contributed by atoms with E-state index in [1.165, 1.54) is 0 Å². The summed E-state index contributed by atoms with van der Waals surface area (Å²) in [6, 6.07) is 19.3. The van der Waals surface area contributed by atoms with E-state index in [-0.39, 0.29) is 0 Å².